The first-order chi connectivity index (χ1) is 12.1. The minimum absolute atomic E-state index is 0. The summed E-state index contributed by atoms with van der Waals surface area (Å²) in [7, 11) is 0. The Morgan fingerprint density at radius 3 is 2.50 bits per heavy atom. The fourth-order valence-electron chi connectivity index (χ4n) is 3.12. The average Bonchev–Trinajstić information content (AvgIpc) is 3.18. The van der Waals surface area contributed by atoms with Crippen LogP contribution in [0.1, 0.15) is 38.5 Å². The van der Waals surface area contributed by atoms with Crippen molar-refractivity contribution >= 4 is 41.3 Å². The van der Waals surface area contributed by atoms with Gasteiger partial charge in [0.2, 0.25) is 0 Å². The molecule has 1 aliphatic rings. The van der Waals surface area contributed by atoms with Crippen LogP contribution in [-0.4, -0.2) is 74.2 Å². The van der Waals surface area contributed by atoms with Crippen LogP contribution < -0.4 is 10.6 Å². The molecular weight excluding hydrogens is 457 g/mol. The molecule has 1 aromatic heterocycles. The molecule has 2 N–H and O–H groups in total. The zero-order chi connectivity index (χ0) is 18.1. The van der Waals surface area contributed by atoms with Gasteiger partial charge in [-0.1, -0.05) is 19.9 Å². The average molecular weight is 494 g/mol. The lowest BCUT2D eigenvalue weighted by Gasteiger charge is -2.37. The standard InChI is InChI=1S/C19H35N5S.HI/c1-5-20-19(21-14-16(3)18-8-7-13-25-18)22-15-17(4)24-11-9-23(6-2)10-12-24;/h7-8,13,16-17H,5-6,9-12,14-15H2,1-4H3,(H2,20,21,22);1H. The molecule has 0 radical (unpaired) electrons. The highest BCUT2D eigenvalue weighted by molar-refractivity contribution is 14.0. The molecule has 1 aromatic rings. The summed E-state index contributed by atoms with van der Waals surface area (Å²) >= 11 is 1.82. The lowest BCUT2D eigenvalue weighted by molar-refractivity contribution is 0.109. The Balaban J connectivity index is 0.00000338. The Morgan fingerprint density at radius 1 is 1.19 bits per heavy atom. The molecule has 2 atom stereocenters. The van der Waals surface area contributed by atoms with Crippen LogP contribution in [0.2, 0.25) is 0 Å². The van der Waals surface area contributed by atoms with Gasteiger partial charge < -0.3 is 15.5 Å². The number of hydrogen-bond acceptors (Lipinski definition) is 4. The molecule has 1 aliphatic heterocycles. The van der Waals surface area contributed by atoms with E-state index in [0.717, 1.165) is 45.2 Å². The second-order valence-corrected chi connectivity index (χ2v) is 7.82. The highest BCUT2D eigenvalue weighted by Gasteiger charge is 2.20. The fraction of sp³-hybridized carbons (Fsp3) is 0.737. The number of thiophene rings is 1. The molecule has 1 fully saturated rings. The summed E-state index contributed by atoms with van der Waals surface area (Å²) in [5.41, 5.74) is 0. The van der Waals surface area contributed by atoms with Crippen LogP contribution >= 0.6 is 35.3 Å². The zero-order valence-corrected chi connectivity index (χ0v) is 19.8. The van der Waals surface area contributed by atoms with Crippen molar-refractivity contribution in [2.45, 2.75) is 39.7 Å². The van der Waals surface area contributed by atoms with E-state index in [1.807, 2.05) is 11.3 Å². The molecule has 0 spiro atoms. The van der Waals surface area contributed by atoms with Crippen molar-refractivity contribution in [2.24, 2.45) is 4.99 Å². The molecule has 26 heavy (non-hydrogen) atoms. The van der Waals surface area contributed by atoms with Gasteiger partial charge in [0, 0.05) is 56.1 Å². The van der Waals surface area contributed by atoms with Crippen LogP contribution in [0.4, 0.5) is 0 Å². The van der Waals surface area contributed by atoms with Gasteiger partial charge in [-0.2, -0.15) is 0 Å². The molecule has 7 heteroatoms. The number of nitrogens with one attached hydrogen (secondary N) is 2. The number of guanidine groups is 1. The van der Waals surface area contributed by atoms with Crippen LogP contribution in [0.25, 0.3) is 0 Å². The number of nitrogens with zero attached hydrogens (tertiary/aromatic N) is 3. The third kappa shape index (κ3) is 7.70. The Labute approximate surface area is 180 Å². The lowest BCUT2D eigenvalue weighted by atomic mass is 10.1. The number of likely N-dealkylation sites (N-methyl/N-ethyl adjacent to an activating group) is 1. The second kappa shape index (κ2) is 12.9. The molecule has 0 aliphatic carbocycles. The Kier molecular flexibility index (Phi) is 11.7. The molecule has 0 saturated carbocycles. The monoisotopic (exact) mass is 493 g/mol. The highest BCUT2D eigenvalue weighted by Crippen LogP contribution is 2.19. The van der Waals surface area contributed by atoms with Crippen LogP contribution in [0, 0.1) is 0 Å². The summed E-state index contributed by atoms with van der Waals surface area (Å²) in [6, 6.07) is 4.82. The van der Waals surface area contributed by atoms with Gasteiger partial charge in [-0.3, -0.25) is 9.89 Å². The van der Waals surface area contributed by atoms with Crippen molar-refractivity contribution in [3.8, 4) is 0 Å². The fourth-order valence-corrected chi connectivity index (χ4v) is 3.91. The lowest BCUT2D eigenvalue weighted by Crippen LogP contribution is -2.50. The first-order valence-corrected chi connectivity index (χ1v) is 10.5. The van der Waals surface area contributed by atoms with E-state index >= 15 is 0 Å². The van der Waals surface area contributed by atoms with Gasteiger partial charge in [-0.25, -0.2) is 0 Å². The third-order valence-electron chi connectivity index (χ3n) is 4.94. The van der Waals surface area contributed by atoms with E-state index in [-0.39, 0.29) is 24.0 Å². The molecular formula is C19H36IN5S. The van der Waals surface area contributed by atoms with Gasteiger partial charge >= 0.3 is 0 Å². The molecule has 150 valence electrons. The maximum atomic E-state index is 4.82. The Morgan fingerprint density at radius 2 is 1.92 bits per heavy atom. The summed E-state index contributed by atoms with van der Waals surface area (Å²) < 4.78 is 0. The van der Waals surface area contributed by atoms with Crippen molar-refractivity contribution in [1.82, 2.24) is 20.4 Å². The molecule has 2 rings (SSSR count). The summed E-state index contributed by atoms with van der Waals surface area (Å²) in [4.78, 5) is 11.3. The van der Waals surface area contributed by atoms with Crippen LogP contribution in [0.15, 0.2) is 22.5 Å². The number of halogens is 1. The van der Waals surface area contributed by atoms with Crippen molar-refractivity contribution in [1.29, 1.82) is 0 Å². The normalized spacial score (nSPS) is 18.8. The van der Waals surface area contributed by atoms with Gasteiger partial charge in [-0.05, 0) is 31.8 Å². The van der Waals surface area contributed by atoms with E-state index in [1.165, 1.54) is 18.0 Å². The predicted octanol–water partition coefficient (Wildman–Crippen LogP) is 3.05. The van der Waals surface area contributed by atoms with E-state index in [2.05, 4.69) is 65.6 Å². The van der Waals surface area contributed by atoms with E-state index in [1.54, 1.807) is 0 Å². The van der Waals surface area contributed by atoms with Gasteiger partial charge in [0.05, 0.1) is 6.54 Å². The Hall–Kier alpha value is -0.380. The van der Waals surface area contributed by atoms with Crippen molar-refractivity contribution in [3.63, 3.8) is 0 Å². The molecule has 0 bridgehead atoms. The zero-order valence-electron chi connectivity index (χ0n) is 16.7. The first-order valence-electron chi connectivity index (χ1n) is 9.66. The molecule has 0 aromatic carbocycles. The van der Waals surface area contributed by atoms with Gasteiger partial charge in [0.25, 0.3) is 0 Å². The molecule has 5 nitrogen and oxygen atoms in total. The maximum Gasteiger partial charge on any atom is 0.191 e. The maximum absolute atomic E-state index is 4.82. The van der Waals surface area contributed by atoms with Crippen molar-refractivity contribution in [3.05, 3.63) is 22.4 Å². The van der Waals surface area contributed by atoms with Crippen LogP contribution in [-0.2, 0) is 0 Å². The molecule has 2 heterocycles. The highest BCUT2D eigenvalue weighted by atomic mass is 127. The quantitative estimate of drug-likeness (QED) is 0.332. The number of piperazine rings is 1. The summed E-state index contributed by atoms with van der Waals surface area (Å²) in [6.07, 6.45) is 0. The summed E-state index contributed by atoms with van der Waals surface area (Å²) in [5, 5.41) is 9.02. The summed E-state index contributed by atoms with van der Waals surface area (Å²) in [5.74, 6) is 1.44. The second-order valence-electron chi connectivity index (χ2n) is 6.84. The third-order valence-corrected chi connectivity index (χ3v) is 6.04. The molecule has 2 unspecified atom stereocenters. The molecule has 0 amide bonds. The van der Waals surface area contributed by atoms with E-state index in [9.17, 15) is 0 Å². The predicted molar refractivity (Wildman–Crippen MR) is 125 cm³/mol. The first kappa shape index (κ1) is 23.7. The van der Waals surface area contributed by atoms with Gasteiger partial charge in [0.15, 0.2) is 5.96 Å². The SMILES string of the molecule is CCNC(=NCC(C)N1CCN(CC)CC1)NCC(C)c1cccs1.I. The minimum atomic E-state index is 0. The van der Waals surface area contributed by atoms with E-state index < -0.39 is 0 Å². The topological polar surface area (TPSA) is 42.9 Å². The smallest absolute Gasteiger partial charge is 0.191 e. The van der Waals surface area contributed by atoms with Gasteiger partial charge in [0.1, 0.15) is 0 Å². The van der Waals surface area contributed by atoms with Crippen molar-refractivity contribution in [2.75, 3.05) is 52.4 Å². The van der Waals surface area contributed by atoms with Gasteiger partial charge in [-0.15, -0.1) is 35.3 Å². The Bertz CT molecular complexity index is 500. The number of aliphatic imine (C=N–C) groups is 1. The summed E-state index contributed by atoms with van der Waals surface area (Å²) in [6.45, 7) is 17.4. The number of hydrogen-bond donors (Lipinski definition) is 2. The van der Waals surface area contributed by atoms with E-state index in [4.69, 9.17) is 4.99 Å². The van der Waals surface area contributed by atoms with E-state index in [0.29, 0.717) is 12.0 Å². The van der Waals surface area contributed by atoms with Crippen LogP contribution in [0.3, 0.4) is 0 Å². The van der Waals surface area contributed by atoms with Crippen molar-refractivity contribution < 1.29 is 0 Å². The molecule has 1 saturated heterocycles. The number of rotatable bonds is 8. The van der Waals surface area contributed by atoms with Crippen LogP contribution in [0.5, 0.6) is 0 Å². The minimum Gasteiger partial charge on any atom is -0.357 e. The largest absolute Gasteiger partial charge is 0.357 e.